The van der Waals surface area contributed by atoms with Crippen molar-refractivity contribution in [2.24, 2.45) is 0 Å². The van der Waals surface area contributed by atoms with Crippen molar-refractivity contribution >= 4 is 22.9 Å². The molecule has 0 unspecified atom stereocenters. The van der Waals surface area contributed by atoms with Gasteiger partial charge < -0.3 is 14.5 Å². The van der Waals surface area contributed by atoms with E-state index < -0.39 is 0 Å². The Labute approximate surface area is 171 Å². The van der Waals surface area contributed by atoms with Gasteiger partial charge in [-0.25, -0.2) is 0 Å². The molecular formula is C22H29N3O2S. The van der Waals surface area contributed by atoms with Crippen molar-refractivity contribution < 1.29 is 9.53 Å². The predicted octanol–water partition coefficient (Wildman–Crippen LogP) is 3.63. The molecule has 0 radical (unpaired) electrons. The number of hydrogen-bond acceptors (Lipinski definition) is 5. The van der Waals surface area contributed by atoms with Crippen LogP contribution in [-0.2, 0) is 4.79 Å². The van der Waals surface area contributed by atoms with Gasteiger partial charge in [-0.1, -0.05) is 6.07 Å². The summed E-state index contributed by atoms with van der Waals surface area (Å²) in [4.78, 5) is 21.1. The van der Waals surface area contributed by atoms with Gasteiger partial charge in [0, 0.05) is 55.8 Å². The molecule has 3 heterocycles. The normalized spacial score (nSPS) is 20.5. The van der Waals surface area contributed by atoms with Gasteiger partial charge in [0.2, 0.25) is 5.91 Å². The SMILES string of the molecule is COc1ccc(N2CCN(C(=O)CCN3CCC[C@H]3c3cccs3)CC2)cc1. The summed E-state index contributed by atoms with van der Waals surface area (Å²) in [5.41, 5.74) is 1.20. The lowest BCUT2D eigenvalue weighted by Crippen LogP contribution is -2.49. The van der Waals surface area contributed by atoms with E-state index in [0.717, 1.165) is 45.0 Å². The van der Waals surface area contributed by atoms with Crippen LogP contribution in [0.25, 0.3) is 0 Å². The van der Waals surface area contributed by atoms with Gasteiger partial charge in [0.25, 0.3) is 0 Å². The van der Waals surface area contributed by atoms with Crippen LogP contribution in [0.2, 0.25) is 0 Å². The summed E-state index contributed by atoms with van der Waals surface area (Å²) in [6, 6.07) is 13.0. The van der Waals surface area contributed by atoms with E-state index in [2.05, 4.69) is 39.4 Å². The van der Waals surface area contributed by atoms with Crippen LogP contribution in [0, 0.1) is 0 Å². The van der Waals surface area contributed by atoms with Gasteiger partial charge in [-0.3, -0.25) is 9.69 Å². The molecule has 6 heteroatoms. The molecule has 1 aromatic heterocycles. The Morgan fingerprint density at radius 1 is 1.11 bits per heavy atom. The van der Waals surface area contributed by atoms with Gasteiger partial charge >= 0.3 is 0 Å². The van der Waals surface area contributed by atoms with E-state index >= 15 is 0 Å². The van der Waals surface area contributed by atoms with Crippen LogP contribution in [0.4, 0.5) is 5.69 Å². The number of hydrogen-bond donors (Lipinski definition) is 0. The zero-order chi connectivity index (χ0) is 19.3. The van der Waals surface area contributed by atoms with Crippen molar-refractivity contribution in [2.45, 2.75) is 25.3 Å². The number of thiophene rings is 1. The minimum absolute atomic E-state index is 0.297. The molecule has 1 amide bonds. The molecule has 0 aliphatic carbocycles. The number of carbonyl (C=O) groups is 1. The van der Waals surface area contributed by atoms with E-state index in [0.29, 0.717) is 18.4 Å². The number of piperazine rings is 1. The van der Waals surface area contributed by atoms with E-state index in [1.807, 2.05) is 28.4 Å². The largest absolute Gasteiger partial charge is 0.497 e. The first-order valence-corrected chi connectivity index (χ1v) is 11.1. The Morgan fingerprint density at radius 2 is 1.89 bits per heavy atom. The van der Waals surface area contributed by atoms with Crippen LogP contribution in [0.5, 0.6) is 5.75 Å². The molecule has 2 aliphatic heterocycles. The lowest BCUT2D eigenvalue weighted by atomic mass is 10.2. The zero-order valence-corrected chi connectivity index (χ0v) is 17.4. The Bertz CT molecular complexity index is 755. The number of carbonyl (C=O) groups excluding carboxylic acids is 1. The second-order valence-corrected chi connectivity index (χ2v) is 8.50. The second kappa shape index (κ2) is 8.97. The molecule has 2 fully saturated rings. The summed E-state index contributed by atoms with van der Waals surface area (Å²) in [6.45, 7) is 5.37. The highest BCUT2D eigenvalue weighted by atomic mass is 32.1. The van der Waals surface area contributed by atoms with E-state index in [-0.39, 0.29) is 0 Å². The highest BCUT2D eigenvalue weighted by Gasteiger charge is 2.28. The molecule has 150 valence electrons. The Morgan fingerprint density at radius 3 is 2.57 bits per heavy atom. The first-order valence-electron chi connectivity index (χ1n) is 10.2. The van der Waals surface area contributed by atoms with Crippen molar-refractivity contribution in [2.75, 3.05) is 51.3 Å². The van der Waals surface area contributed by atoms with Gasteiger partial charge in [-0.05, 0) is 55.1 Å². The molecular weight excluding hydrogens is 370 g/mol. The third kappa shape index (κ3) is 4.33. The Hall–Kier alpha value is -2.05. The molecule has 1 aromatic carbocycles. The first-order chi connectivity index (χ1) is 13.7. The molecule has 2 aliphatic rings. The van der Waals surface area contributed by atoms with Crippen molar-refractivity contribution in [3.8, 4) is 5.75 Å². The monoisotopic (exact) mass is 399 g/mol. The van der Waals surface area contributed by atoms with Crippen molar-refractivity contribution in [1.82, 2.24) is 9.80 Å². The third-order valence-corrected chi connectivity index (χ3v) is 6.89. The Kier molecular flexibility index (Phi) is 6.17. The number of rotatable bonds is 6. The lowest BCUT2D eigenvalue weighted by Gasteiger charge is -2.36. The molecule has 0 N–H and O–H groups in total. The summed E-state index contributed by atoms with van der Waals surface area (Å²) in [5, 5.41) is 2.15. The number of amides is 1. The molecule has 1 atom stereocenters. The van der Waals surface area contributed by atoms with E-state index in [1.54, 1.807) is 7.11 Å². The number of anilines is 1. The summed E-state index contributed by atoms with van der Waals surface area (Å²) >= 11 is 1.84. The molecule has 0 spiro atoms. The molecule has 2 saturated heterocycles. The summed E-state index contributed by atoms with van der Waals surface area (Å²) < 4.78 is 5.23. The lowest BCUT2D eigenvalue weighted by molar-refractivity contribution is -0.131. The van der Waals surface area contributed by atoms with Crippen LogP contribution in [0.3, 0.4) is 0 Å². The van der Waals surface area contributed by atoms with Crippen molar-refractivity contribution in [1.29, 1.82) is 0 Å². The topological polar surface area (TPSA) is 36.0 Å². The highest BCUT2D eigenvalue weighted by molar-refractivity contribution is 7.10. The first kappa shape index (κ1) is 19.3. The maximum Gasteiger partial charge on any atom is 0.223 e. The van der Waals surface area contributed by atoms with E-state index in [9.17, 15) is 4.79 Å². The van der Waals surface area contributed by atoms with Crippen molar-refractivity contribution in [3.05, 3.63) is 46.7 Å². The number of methoxy groups -OCH3 is 1. The van der Waals surface area contributed by atoms with Crippen LogP contribution < -0.4 is 9.64 Å². The summed E-state index contributed by atoms with van der Waals surface area (Å²) in [6.07, 6.45) is 3.08. The maximum absolute atomic E-state index is 12.7. The average Bonchev–Trinajstić information content (AvgIpc) is 3.43. The second-order valence-electron chi connectivity index (χ2n) is 7.53. The van der Waals surface area contributed by atoms with Gasteiger partial charge in [0.15, 0.2) is 0 Å². The molecule has 0 bridgehead atoms. The standard InChI is InChI=1S/C22H29N3O2S/c1-27-19-8-6-18(7-9-19)23-13-15-25(16-14-23)22(26)10-12-24-11-2-4-20(24)21-5-3-17-28-21/h3,5-9,17,20H,2,4,10-16H2,1H3/t20-/m0/s1. The van der Waals surface area contributed by atoms with Crippen LogP contribution >= 0.6 is 11.3 Å². The number of benzene rings is 1. The fourth-order valence-corrected chi connectivity index (χ4v) is 5.20. The van der Waals surface area contributed by atoms with E-state index in [4.69, 9.17) is 4.74 Å². The molecule has 4 rings (SSSR count). The number of nitrogens with zero attached hydrogens (tertiary/aromatic N) is 3. The van der Waals surface area contributed by atoms with Crippen LogP contribution in [0.15, 0.2) is 41.8 Å². The zero-order valence-electron chi connectivity index (χ0n) is 16.5. The quantitative estimate of drug-likeness (QED) is 0.743. The predicted molar refractivity (Wildman–Crippen MR) is 114 cm³/mol. The molecule has 5 nitrogen and oxygen atoms in total. The third-order valence-electron chi connectivity index (χ3n) is 5.92. The van der Waals surface area contributed by atoms with Gasteiger partial charge in [-0.15, -0.1) is 11.3 Å². The fraction of sp³-hybridized carbons (Fsp3) is 0.500. The fourth-order valence-electron chi connectivity index (χ4n) is 4.30. The molecule has 2 aromatic rings. The maximum atomic E-state index is 12.7. The molecule has 0 saturated carbocycles. The van der Waals surface area contributed by atoms with Crippen LogP contribution in [0.1, 0.15) is 30.2 Å². The smallest absolute Gasteiger partial charge is 0.223 e. The van der Waals surface area contributed by atoms with Crippen LogP contribution in [-0.4, -0.2) is 62.1 Å². The highest BCUT2D eigenvalue weighted by Crippen LogP contribution is 2.34. The Balaban J connectivity index is 1.25. The number of likely N-dealkylation sites (tertiary alicyclic amines) is 1. The summed E-state index contributed by atoms with van der Waals surface area (Å²) in [7, 11) is 1.68. The minimum atomic E-state index is 0.297. The van der Waals surface area contributed by atoms with Gasteiger partial charge in [-0.2, -0.15) is 0 Å². The van der Waals surface area contributed by atoms with Crippen molar-refractivity contribution in [3.63, 3.8) is 0 Å². The number of ether oxygens (including phenoxy) is 1. The van der Waals surface area contributed by atoms with Gasteiger partial charge in [0.05, 0.1) is 7.11 Å². The minimum Gasteiger partial charge on any atom is -0.497 e. The summed E-state index contributed by atoms with van der Waals surface area (Å²) in [5.74, 6) is 1.17. The average molecular weight is 400 g/mol. The van der Waals surface area contributed by atoms with E-state index in [1.165, 1.54) is 23.4 Å². The molecule has 28 heavy (non-hydrogen) atoms. The van der Waals surface area contributed by atoms with Gasteiger partial charge in [0.1, 0.15) is 5.75 Å².